The third-order valence-electron chi connectivity index (χ3n) is 4.83. The third kappa shape index (κ3) is 4.88. The van der Waals surface area contributed by atoms with E-state index in [1.807, 2.05) is 55.5 Å². The molecular formula is C22H27N3O2. The molecule has 1 aliphatic rings. The first kappa shape index (κ1) is 19.0. The van der Waals surface area contributed by atoms with Crippen molar-refractivity contribution < 1.29 is 9.59 Å². The quantitative estimate of drug-likeness (QED) is 0.799. The van der Waals surface area contributed by atoms with Gasteiger partial charge >= 0.3 is 6.03 Å². The highest BCUT2D eigenvalue weighted by Crippen LogP contribution is 2.21. The standard InChI is InChI=1S/C22H27N3O2/c1-3-4-5-18-8-10-19(11-9-18)23-21(26)16-24-14-15-25(22(24)27)20-12-6-17(2)7-13-20/h6-13H,3-5,14-16H2,1-2H3,(H,23,26). The molecule has 1 N–H and O–H groups in total. The maximum Gasteiger partial charge on any atom is 0.325 e. The molecule has 0 unspecified atom stereocenters. The van der Waals surface area contributed by atoms with E-state index in [0.717, 1.165) is 23.4 Å². The molecule has 0 aliphatic carbocycles. The fraction of sp³-hybridized carbons (Fsp3) is 0.364. The predicted molar refractivity (Wildman–Crippen MR) is 109 cm³/mol. The van der Waals surface area contributed by atoms with E-state index in [9.17, 15) is 9.59 Å². The molecule has 5 nitrogen and oxygen atoms in total. The highest BCUT2D eigenvalue weighted by molar-refractivity contribution is 5.99. The van der Waals surface area contributed by atoms with Crippen molar-refractivity contribution in [1.82, 2.24) is 4.90 Å². The van der Waals surface area contributed by atoms with Crippen LogP contribution in [0.2, 0.25) is 0 Å². The summed E-state index contributed by atoms with van der Waals surface area (Å²) in [5, 5.41) is 2.88. The molecule has 5 heteroatoms. The van der Waals surface area contributed by atoms with Gasteiger partial charge in [0.2, 0.25) is 5.91 Å². The highest BCUT2D eigenvalue weighted by atomic mass is 16.2. The smallest absolute Gasteiger partial charge is 0.325 e. The molecule has 0 atom stereocenters. The Bertz CT molecular complexity index is 784. The van der Waals surface area contributed by atoms with Crippen LogP contribution >= 0.6 is 0 Å². The van der Waals surface area contributed by atoms with Crippen LogP contribution in [-0.4, -0.2) is 36.5 Å². The molecule has 142 valence electrons. The lowest BCUT2D eigenvalue weighted by Gasteiger charge is -2.18. The van der Waals surface area contributed by atoms with Crippen molar-refractivity contribution in [3.8, 4) is 0 Å². The fourth-order valence-electron chi connectivity index (χ4n) is 3.20. The summed E-state index contributed by atoms with van der Waals surface area (Å²) in [7, 11) is 0. The summed E-state index contributed by atoms with van der Waals surface area (Å²) in [5.41, 5.74) is 4.07. The van der Waals surface area contributed by atoms with Crippen LogP contribution in [0.4, 0.5) is 16.2 Å². The molecular weight excluding hydrogens is 338 g/mol. The van der Waals surface area contributed by atoms with Crippen molar-refractivity contribution in [2.45, 2.75) is 33.1 Å². The molecule has 3 rings (SSSR count). The van der Waals surface area contributed by atoms with Gasteiger partial charge in [0.05, 0.1) is 0 Å². The summed E-state index contributed by atoms with van der Waals surface area (Å²) in [5.74, 6) is -0.171. The molecule has 0 saturated carbocycles. The number of rotatable bonds is 7. The zero-order valence-electron chi connectivity index (χ0n) is 16.1. The first-order chi connectivity index (χ1) is 13.1. The van der Waals surface area contributed by atoms with Crippen molar-refractivity contribution in [3.63, 3.8) is 0 Å². The lowest BCUT2D eigenvalue weighted by atomic mass is 10.1. The van der Waals surface area contributed by atoms with E-state index in [1.54, 1.807) is 9.80 Å². The molecule has 1 fully saturated rings. The van der Waals surface area contributed by atoms with E-state index in [4.69, 9.17) is 0 Å². The number of urea groups is 1. The van der Waals surface area contributed by atoms with Crippen molar-refractivity contribution in [2.24, 2.45) is 0 Å². The Morgan fingerprint density at radius 2 is 1.74 bits per heavy atom. The lowest BCUT2D eigenvalue weighted by Crippen LogP contribution is -2.37. The normalized spacial score (nSPS) is 13.9. The van der Waals surface area contributed by atoms with Crippen molar-refractivity contribution in [2.75, 3.05) is 29.9 Å². The second-order valence-corrected chi connectivity index (χ2v) is 7.04. The van der Waals surface area contributed by atoms with Gasteiger partial charge in [-0.1, -0.05) is 43.2 Å². The Balaban J connectivity index is 1.53. The maximum absolute atomic E-state index is 12.6. The third-order valence-corrected chi connectivity index (χ3v) is 4.83. The van der Waals surface area contributed by atoms with Crippen LogP contribution in [0.5, 0.6) is 0 Å². The van der Waals surface area contributed by atoms with Gasteiger partial charge in [-0.05, 0) is 49.6 Å². The van der Waals surface area contributed by atoms with Gasteiger partial charge in [-0.3, -0.25) is 9.69 Å². The Morgan fingerprint density at radius 3 is 2.41 bits per heavy atom. The van der Waals surface area contributed by atoms with Crippen molar-refractivity contribution in [1.29, 1.82) is 0 Å². The molecule has 0 spiro atoms. The molecule has 1 saturated heterocycles. The second kappa shape index (κ2) is 8.71. The van der Waals surface area contributed by atoms with Crippen LogP contribution in [0.1, 0.15) is 30.9 Å². The summed E-state index contributed by atoms with van der Waals surface area (Å²) in [4.78, 5) is 28.2. The van der Waals surface area contributed by atoms with Crippen LogP contribution in [0.15, 0.2) is 48.5 Å². The van der Waals surface area contributed by atoms with E-state index in [-0.39, 0.29) is 18.5 Å². The Hall–Kier alpha value is -2.82. The average molecular weight is 365 g/mol. The molecule has 2 aromatic carbocycles. The average Bonchev–Trinajstić information content (AvgIpc) is 3.02. The Kier molecular flexibility index (Phi) is 6.12. The number of amides is 3. The van der Waals surface area contributed by atoms with Gasteiger partial charge in [0.1, 0.15) is 6.54 Å². The molecule has 1 aliphatic heterocycles. The number of aryl methyl sites for hydroxylation is 2. The first-order valence-corrected chi connectivity index (χ1v) is 9.58. The summed E-state index contributed by atoms with van der Waals surface area (Å²) in [6.45, 7) is 5.41. The Labute approximate surface area is 161 Å². The number of unbranched alkanes of at least 4 members (excludes halogenated alkanes) is 1. The number of carbonyl (C=O) groups is 2. The summed E-state index contributed by atoms with van der Waals surface area (Å²) in [6, 6.07) is 15.7. The van der Waals surface area contributed by atoms with E-state index in [0.29, 0.717) is 13.1 Å². The van der Waals surface area contributed by atoms with E-state index < -0.39 is 0 Å². The van der Waals surface area contributed by atoms with Crippen molar-refractivity contribution >= 4 is 23.3 Å². The number of anilines is 2. The van der Waals surface area contributed by atoms with Crippen LogP contribution in [0.25, 0.3) is 0 Å². The minimum atomic E-state index is -0.171. The topological polar surface area (TPSA) is 52.7 Å². The number of hydrogen-bond donors (Lipinski definition) is 1. The molecule has 2 aromatic rings. The molecule has 0 bridgehead atoms. The van der Waals surface area contributed by atoms with Crippen LogP contribution in [0, 0.1) is 6.92 Å². The number of benzene rings is 2. The monoisotopic (exact) mass is 365 g/mol. The Morgan fingerprint density at radius 1 is 1.04 bits per heavy atom. The minimum absolute atomic E-state index is 0.0682. The van der Waals surface area contributed by atoms with Crippen LogP contribution in [-0.2, 0) is 11.2 Å². The zero-order chi connectivity index (χ0) is 19.2. The van der Waals surface area contributed by atoms with E-state index in [1.165, 1.54) is 18.4 Å². The predicted octanol–water partition coefficient (Wildman–Crippen LogP) is 4.22. The largest absolute Gasteiger partial charge is 0.325 e. The number of carbonyl (C=O) groups excluding carboxylic acids is 2. The SMILES string of the molecule is CCCCc1ccc(NC(=O)CN2CCN(c3ccc(C)cc3)C2=O)cc1. The molecule has 3 amide bonds. The summed E-state index contributed by atoms with van der Waals surface area (Å²) in [6.07, 6.45) is 3.39. The van der Waals surface area contributed by atoms with E-state index >= 15 is 0 Å². The lowest BCUT2D eigenvalue weighted by molar-refractivity contribution is -0.116. The maximum atomic E-state index is 12.6. The number of nitrogens with zero attached hydrogens (tertiary/aromatic N) is 2. The highest BCUT2D eigenvalue weighted by Gasteiger charge is 2.30. The van der Waals surface area contributed by atoms with Gasteiger partial charge in [-0.15, -0.1) is 0 Å². The van der Waals surface area contributed by atoms with Gasteiger partial charge in [-0.2, -0.15) is 0 Å². The fourth-order valence-corrected chi connectivity index (χ4v) is 3.20. The van der Waals surface area contributed by atoms with Gasteiger partial charge in [0.15, 0.2) is 0 Å². The zero-order valence-corrected chi connectivity index (χ0v) is 16.1. The number of hydrogen-bond acceptors (Lipinski definition) is 2. The van der Waals surface area contributed by atoms with Gasteiger partial charge in [0, 0.05) is 24.5 Å². The van der Waals surface area contributed by atoms with Gasteiger partial charge in [-0.25, -0.2) is 4.79 Å². The molecule has 0 radical (unpaired) electrons. The number of nitrogens with one attached hydrogen (secondary N) is 1. The van der Waals surface area contributed by atoms with Gasteiger partial charge < -0.3 is 10.2 Å². The van der Waals surface area contributed by atoms with Crippen LogP contribution in [0.3, 0.4) is 0 Å². The second-order valence-electron chi connectivity index (χ2n) is 7.04. The first-order valence-electron chi connectivity index (χ1n) is 9.58. The summed E-state index contributed by atoms with van der Waals surface area (Å²) >= 11 is 0. The van der Waals surface area contributed by atoms with Crippen molar-refractivity contribution in [3.05, 3.63) is 59.7 Å². The molecule has 1 heterocycles. The molecule has 27 heavy (non-hydrogen) atoms. The molecule has 0 aromatic heterocycles. The summed E-state index contributed by atoms with van der Waals surface area (Å²) < 4.78 is 0. The van der Waals surface area contributed by atoms with Crippen LogP contribution < -0.4 is 10.2 Å². The minimum Gasteiger partial charge on any atom is -0.325 e. The van der Waals surface area contributed by atoms with E-state index in [2.05, 4.69) is 12.2 Å². The van der Waals surface area contributed by atoms with Gasteiger partial charge in [0.25, 0.3) is 0 Å².